The van der Waals surface area contributed by atoms with Gasteiger partial charge in [0.05, 0.1) is 5.69 Å². The molecule has 1 saturated carbocycles. The Morgan fingerprint density at radius 2 is 1.58 bits per heavy atom. The summed E-state index contributed by atoms with van der Waals surface area (Å²) >= 11 is 0. The average Bonchev–Trinajstić information content (AvgIpc) is 3.25. The molecular weight excluding hydrogens is 290 g/mol. The van der Waals surface area contributed by atoms with Gasteiger partial charge in [0.25, 0.3) is 0 Å². The molecule has 4 rings (SSSR count). The highest BCUT2D eigenvalue weighted by atomic mass is 14.7. The average molecular weight is 315 g/mol. The van der Waals surface area contributed by atoms with Gasteiger partial charge in [-0.2, -0.15) is 0 Å². The van der Waals surface area contributed by atoms with Crippen molar-refractivity contribution in [2.45, 2.75) is 32.1 Å². The Morgan fingerprint density at radius 3 is 2.33 bits per heavy atom. The second kappa shape index (κ2) is 7.00. The summed E-state index contributed by atoms with van der Waals surface area (Å²) in [7, 11) is 0. The third-order valence-corrected chi connectivity index (χ3v) is 4.77. The lowest BCUT2D eigenvalue weighted by atomic mass is 9.96. The van der Waals surface area contributed by atoms with Crippen molar-refractivity contribution in [3.8, 4) is 22.4 Å². The number of nitrogens with zero attached hydrogens (tertiary/aromatic N) is 1. The lowest BCUT2D eigenvalue weighted by molar-refractivity contribution is 0.546. The molecule has 1 heteroatoms. The fourth-order valence-electron chi connectivity index (χ4n) is 3.44. The van der Waals surface area contributed by atoms with Crippen LogP contribution in [0.15, 0.2) is 72.9 Å². The summed E-state index contributed by atoms with van der Waals surface area (Å²) in [6, 6.07) is 22.2. The van der Waals surface area contributed by atoms with Crippen molar-refractivity contribution in [2.75, 3.05) is 0 Å². The zero-order valence-corrected chi connectivity index (χ0v) is 13.8. The van der Waals surface area contributed by atoms with Gasteiger partial charge in [-0.05, 0) is 41.1 Å². The Labute approximate surface area is 147 Å². The summed E-state index contributed by atoms with van der Waals surface area (Å²) < 4.78 is 17.1. The van der Waals surface area contributed by atoms with Crippen LogP contribution in [-0.4, -0.2) is 4.98 Å². The third-order valence-electron chi connectivity index (χ3n) is 4.77. The summed E-state index contributed by atoms with van der Waals surface area (Å²) in [6.07, 6.45) is 4.91. The van der Waals surface area contributed by atoms with E-state index in [-0.39, 0.29) is 5.92 Å². The molecule has 1 aliphatic carbocycles. The summed E-state index contributed by atoms with van der Waals surface area (Å²) in [5.41, 5.74) is 5.05. The van der Waals surface area contributed by atoms with E-state index < -0.39 is 6.37 Å². The molecule has 1 fully saturated rings. The number of hydrogen-bond donors (Lipinski definition) is 0. The van der Waals surface area contributed by atoms with Crippen molar-refractivity contribution < 1.29 is 2.74 Å². The molecule has 0 unspecified atom stereocenters. The zero-order chi connectivity index (χ0) is 18.0. The molecule has 2 aromatic carbocycles. The fraction of sp³-hybridized carbons (Fsp3) is 0.261. The minimum Gasteiger partial charge on any atom is -0.256 e. The lowest BCUT2D eigenvalue weighted by Crippen LogP contribution is -1.98. The van der Waals surface area contributed by atoms with Gasteiger partial charge in [-0.25, -0.2) is 0 Å². The van der Waals surface area contributed by atoms with Crippen molar-refractivity contribution >= 4 is 0 Å². The van der Waals surface area contributed by atoms with Crippen molar-refractivity contribution in [1.82, 2.24) is 4.98 Å². The van der Waals surface area contributed by atoms with Crippen LogP contribution in [0.5, 0.6) is 0 Å². The number of aromatic nitrogens is 1. The van der Waals surface area contributed by atoms with Crippen LogP contribution in [0.3, 0.4) is 0 Å². The second-order valence-corrected chi connectivity index (χ2v) is 6.50. The van der Waals surface area contributed by atoms with E-state index in [1.807, 2.05) is 54.7 Å². The van der Waals surface area contributed by atoms with E-state index >= 15 is 0 Å². The molecule has 0 atom stereocenters. The monoisotopic (exact) mass is 315 g/mol. The minimum absolute atomic E-state index is 0.152. The van der Waals surface area contributed by atoms with E-state index in [0.717, 1.165) is 53.6 Å². The molecule has 24 heavy (non-hydrogen) atoms. The maximum Gasteiger partial charge on any atom is 0.0708 e. The van der Waals surface area contributed by atoms with Gasteiger partial charge in [0.1, 0.15) is 0 Å². The zero-order valence-electron chi connectivity index (χ0n) is 15.8. The van der Waals surface area contributed by atoms with E-state index in [1.54, 1.807) is 0 Å². The first-order valence-electron chi connectivity index (χ1n) is 9.77. The second-order valence-electron chi connectivity index (χ2n) is 6.50. The molecule has 1 heterocycles. The lowest BCUT2D eigenvalue weighted by Gasteiger charge is -2.10. The Hall–Kier alpha value is -2.41. The van der Waals surface area contributed by atoms with Crippen LogP contribution >= 0.6 is 0 Å². The van der Waals surface area contributed by atoms with Gasteiger partial charge in [0.15, 0.2) is 0 Å². The van der Waals surface area contributed by atoms with Gasteiger partial charge < -0.3 is 0 Å². The van der Waals surface area contributed by atoms with E-state index in [0.29, 0.717) is 0 Å². The van der Waals surface area contributed by atoms with E-state index in [9.17, 15) is 0 Å². The van der Waals surface area contributed by atoms with Crippen molar-refractivity contribution in [2.24, 2.45) is 5.92 Å². The summed E-state index contributed by atoms with van der Waals surface area (Å²) in [4.78, 5) is 4.48. The van der Waals surface area contributed by atoms with Crippen LogP contribution in [0.1, 0.15) is 34.0 Å². The SMILES string of the molecule is [2H]C([2H])(c1ccc(-c2ccnc(-c3ccccc3)c2)cc1)C1CCCC1. The van der Waals surface area contributed by atoms with Gasteiger partial charge in [0, 0.05) is 14.5 Å². The van der Waals surface area contributed by atoms with Gasteiger partial charge in [0.2, 0.25) is 0 Å². The molecule has 0 N–H and O–H groups in total. The van der Waals surface area contributed by atoms with Crippen LogP contribution in [0.2, 0.25) is 0 Å². The predicted octanol–water partition coefficient (Wildman–Crippen LogP) is 6.15. The molecule has 0 radical (unpaired) electrons. The number of hydrogen-bond acceptors (Lipinski definition) is 1. The highest BCUT2D eigenvalue weighted by Gasteiger charge is 2.15. The number of pyridine rings is 1. The van der Waals surface area contributed by atoms with Gasteiger partial charge in [-0.3, -0.25) is 4.98 Å². The normalized spacial score (nSPS) is 16.7. The smallest absolute Gasteiger partial charge is 0.0708 e. The van der Waals surface area contributed by atoms with Gasteiger partial charge in [-0.1, -0.05) is 80.3 Å². The maximum absolute atomic E-state index is 8.54. The molecule has 0 aliphatic heterocycles. The fourth-order valence-corrected chi connectivity index (χ4v) is 3.44. The Balaban J connectivity index is 1.61. The molecule has 3 aromatic rings. The Morgan fingerprint density at radius 1 is 0.833 bits per heavy atom. The van der Waals surface area contributed by atoms with Crippen LogP contribution in [-0.2, 0) is 6.37 Å². The summed E-state index contributed by atoms with van der Waals surface area (Å²) in [5.74, 6) is 0.152. The Kier molecular flexibility index (Phi) is 3.78. The summed E-state index contributed by atoms with van der Waals surface area (Å²) in [5, 5.41) is 0. The maximum atomic E-state index is 8.54. The van der Waals surface area contributed by atoms with E-state index in [4.69, 9.17) is 2.74 Å². The molecule has 0 amide bonds. The van der Waals surface area contributed by atoms with E-state index in [1.165, 1.54) is 0 Å². The third kappa shape index (κ3) is 3.41. The first-order chi connectivity index (χ1) is 12.6. The molecular formula is C23H23N. The van der Waals surface area contributed by atoms with Crippen molar-refractivity contribution in [3.63, 3.8) is 0 Å². The first kappa shape index (κ1) is 12.9. The van der Waals surface area contributed by atoms with Crippen molar-refractivity contribution in [3.05, 3.63) is 78.5 Å². The van der Waals surface area contributed by atoms with Crippen molar-refractivity contribution in [1.29, 1.82) is 0 Å². The molecule has 0 spiro atoms. The summed E-state index contributed by atoms with van der Waals surface area (Å²) in [6.45, 7) is 0. The molecule has 0 bridgehead atoms. The standard InChI is InChI=1S/C23H23N/c1-2-8-21(9-3-1)23-17-22(14-15-24-23)20-12-10-19(11-13-20)16-18-6-4-5-7-18/h1-3,8-15,17-18H,4-7,16H2/i16D2. The largest absolute Gasteiger partial charge is 0.256 e. The molecule has 1 aliphatic rings. The highest BCUT2D eigenvalue weighted by molar-refractivity contribution is 5.70. The van der Waals surface area contributed by atoms with Crippen LogP contribution in [0.4, 0.5) is 0 Å². The minimum atomic E-state index is -1.23. The topological polar surface area (TPSA) is 12.9 Å². The number of benzene rings is 2. The van der Waals surface area contributed by atoms with Gasteiger partial charge in [-0.15, -0.1) is 0 Å². The molecule has 1 nitrogen and oxygen atoms in total. The van der Waals surface area contributed by atoms with Gasteiger partial charge >= 0.3 is 0 Å². The highest BCUT2D eigenvalue weighted by Crippen LogP contribution is 2.29. The van der Waals surface area contributed by atoms with Crippen LogP contribution < -0.4 is 0 Å². The molecule has 1 aromatic heterocycles. The van der Waals surface area contributed by atoms with E-state index in [2.05, 4.69) is 23.2 Å². The quantitative estimate of drug-likeness (QED) is 0.563. The molecule has 120 valence electrons. The predicted molar refractivity (Wildman–Crippen MR) is 101 cm³/mol. The van der Waals surface area contributed by atoms with Crippen LogP contribution in [0.25, 0.3) is 22.4 Å². The first-order valence-corrected chi connectivity index (χ1v) is 8.77. The Bertz CT molecular complexity index is 866. The molecule has 0 saturated heterocycles. The van der Waals surface area contributed by atoms with Crippen LogP contribution in [0, 0.1) is 5.92 Å². The number of rotatable bonds is 4.